The minimum absolute atomic E-state index is 0.0134. The van der Waals surface area contributed by atoms with Crippen LogP contribution in [-0.2, 0) is 19.6 Å². The van der Waals surface area contributed by atoms with Crippen molar-refractivity contribution < 1.29 is 17.9 Å². The van der Waals surface area contributed by atoms with Crippen molar-refractivity contribution in [3.63, 3.8) is 0 Å². The third-order valence-corrected chi connectivity index (χ3v) is 7.79. The number of benzene rings is 2. The van der Waals surface area contributed by atoms with Crippen molar-refractivity contribution >= 4 is 50.0 Å². The zero-order chi connectivity index (χ0) is 24.6. The predicted molar refractivity (Wildman–Crippen MR) is 137 cm³/mol. The third kappa shape index (κ3) is 4.67. The molecule has 2 aromatic carbocycles. The van der Waals surface area contributed by atoms with E-state index in [9.17, 15) is 13.2 Å². The number of carbonyl (C=O) groups excluding carboxylic acids is 1. The fourth-order valence-electron chi connectivity index (χ4n) is 4.25. The first-order chi connectivity index (χ1) is 16.8. The molecule has 1 saturated heterocycles. The van der Waals surface area contributed by atoms with Crippen LogP contribution < -0.4 is 19.9 Å². The van der Waals surface area contributed by atoms with Gasteiger partial charge in [-0.1, -0.05) is 6.07 Å². The largest absolute Gasteiger partial charge is 0.378 e. The van der Waals surface area contributed by atoms with Crippen LogP contribution in [0.15, 0.2) is 76.0 Å². The number of hydrazone groups is 1. The fraction of sp³-hybridized carbons (Fsp3) is 0.250. The number of amidine groups is 1. The molecule has 0 amide bonds. The van der Waals surface area contributed by atoms with Crippen molar-refractivity contribution in [3.8, 4) is 0 Å². The third-order valence-electron chi connectivity index (χ3n) is 5.95. The van der Waals surface area contributed by atoms with E-state index in [0.29, 0.717) is 24.7 Å². The summed E-state index contributed by atoms with van der Waals surface area (Å²) >= 11 is 1.56. The maximum absolute atomic E-state index is 12.7. The van der Waals surface area contributed by atoms with Crippen LogP contribution in [0.4, 0.5) is 17.1 Å². The van der Waals surface area contributed by atoms with E-state index in [-0.39, 0.29) is 10.7 Å². The Morgan fingerprint density at radius 3 is 2.20 bits per heavy atom. The summed E-state index contributed by atoms with van der Waals surface area (Å²) < 4.78 is 28.9. The summed E-state index contributed by atoms with van der Waals surface area (Å²) in [5, 5.41) is 13.7. The van der Waals surface area contributed by atoms with Crippen molar-refractivity contribution in [2.24, 2.45) is 10.2 Å². The van der Waals surface area contributed by atoms with Crippen LogP contribution in [0.3, 0.4) is 0 Å². The summed E-state index contributed by atoms with van der Waals surface area (Å²) in [6, 6.07) is 18.2. The summed E-state index contributed by atoms with van der Waals surface area (Å²) in [5.41, 5.74) is 2.57. The van der Waals surface area contributed by atoms with Gasteiger partial charge in [0, 0.05) is 36.3 Å². The van der Waals surface area contributed by atoms with E-state index in [4.69, 9.17) is 9.88 Å². The van der Waals surface area contributed by atoms with Gasteiger partial charge in [-0.2, -0.15) is 0 Å². The van der Waals surface area contributed by atoms with Crippen LogP contribution >= 0.6 is 11.3 Å². The number of Topliss-reactive ketones (excluding diaryl/α,β-unsaturated/α-hetero) is 1. The number of thiophene rings is 1. The molecule has 2 aliphatic heterocycles. The Morgan fingerprint density at radius 2 is 1.63 bits per heavy atom. The Bertz CT molecular complexity index is 1330. The van der Waals surface area contributed by atoms with Crippen molar-refractivity contribution in [1.29, 1.82) is 0 Å². The molecule has 2 aliphatic rings. The summed E-state index contributed by atoms with van der Waals surface area (Å²) in [6.45, 7) is 4.57. The summed E-state index contributed by atoms with van der Waals surface area (Å²) in [6.07, 6.45) is -0.413. The molecule has 1 aromatic heterocycles. The molecule has 0 aliphatic carbocycles. The Balaban J connectivity index is 1.54. The first-order valence-corrected chi connectivity index (χ1v) is 13.5. The van der Waals surface area contributed by atoms with E-state index < -0.39 is 16.2 Å². The standard InChI is InChI=1S/C24H25N5O4S2/c1-17(30)23-26-29(20-8-10-21(11-9-20)35(25,31)32)24(22-3-2-16-34-22)28(23)19-6-4-18(5-7-19)27-12-14-33-15-13-27/h2-11,16,24H,12-15H2,1H3,(H2,25,31,32). The average molecular weight is 512 g/mol. The number of anilines is 3. The molecule has 1 atom stereocenters. The highest BCUT2D eigenvalue weighted by molar-refractivity contribution is 7.89. The van der Waals surface area contributed by atoms with Crippen molar-refractivity contribution in [2.45, 2.75) is 18.0 Å². The lowest BCUT2D eigenvalue weighted by molar-refractivity contribution is -0.111. The predicted octanol–water partition coefficient (Wildman–Crippen LogP) is 3.16. The molecule has 3 aromatic rings. The number of ether oxygens (including phenoxy) is 1. The Morgan fingerprint density at radius 1 is 1.00 bits per heavy atom. The van der Waals surface area contributed by atoms with Crippen LogP contribution in [0, 0.1) is 0 Å². The maximum atomic E-state index is 12.7. The Kier molecular flexibility index (Phi) is 6.32. The molecule has 0 bridgehead atoms. The highest BCUT2D eigenvalue weighted by Crippen LogP contribution is 2.41. The number of nitrogens with zero attached hydrogens (tertiary/aromatic N) is 4. The molecular formula is C24H25N5O4S2. The van der Waals surface area contributed by atoms with Gasteiger partial charge in [0.25, 0.3) is 0 Å². The average Bonchev–Trinajstić information content (AvgIpc) is 3.52. The number of hydrogen-bond donors (Lipinski definition) is 1. The minimum atomic E-state index is -3.82. The fourth-order valence-corrected chi connectivity index (χ4v) is 5.57. The zero-order valence-corrected chi connectivity index (χ0v) is 20.7. The number of rotatable bonds is 6. The molecule has 0 spiro atoms. The Labute approximate surface area is 208 Å². The van der Waals surface area contributed by atoms with E-state index in [1.165, 1.54) is 19.1 Å². The molecule has 0 saturated carbocycles. The molecule has 1 unspecified atom stereocenters. The van der Waals surface area contributed by atoms with Gasteiger partial charge >= 0.3 is 0 Å². The summed E-state index contributed by atoms with van der Waals surface area (Å²) in [5.74, 6) is 0.130. The minimum Gasteiger partial charge on any atom is -0.378 e. The van der Waals surface area contributed by atoms with Crippen LogP contribution in [0.25, 0.3) is 0 Å². The highest BCUT2D eigenvalue weighted by atomic mass is 32.2. The second-order valence-corrected chi connectivity index (χ2v) is 10.8. The van der Waals surface area contributed by atoms with Gasteiger partial charge in [-0.3, -0.25) is 9.69 Å². The summed E-state index contributed by atoms with van der Waals surface area (Å²) in [7, 11) is -3.82. The number of primary sulfonamides is 1. The lowest BCUT2D eigenvalue weighted by Gasteiger charge is -2.32. The molecule has 3 heterocycles. The van der Waals surface area contributed by atoms with E-state index in [2.05, 4.69) is 10.0 Å². The Hall–Kier alpha value is -3.25. The second kappa shape index (κ2) is 9.42. The monoisotopic (exact) mass is 511 g/mol. The highest BCUT2D eigenvalue weighted by Gasteiger charge is 2.39. The van der Waals surface area contributed by atoms with Crippen molar-refractivity contribution in [1.82, 2.24) is 0 Å². The summed E-state index contributed by atoms with van der Waals surface area (Å²) in [4.78, 5) is 17.9. The number of sulfonamides is 1. The molecule has 182 valence electrons. The first kappa shape index (κ1) is 23.5. The van der Waals surface area contributed by atoms with Gasteiger partial charge in [0.15, 0.2) is 17.8 Å². The zero-order valence-electron chi connectivity index (χ0n) is 19.1. The van der Waals surface area contributed by atoms with Crippen molar-refractivity contribution in [2.75, 3.05) is 41.1 Å². The van der Waals surface area contributed by atoms with Gasteiger partial charge in [-0.15, -0.1) is 16.4 Å². The molecule has 0 radical (unpaired) electrons. The normalized spacial score (nSPS) is 18.6. The van der Waals surface area contributed by atoms with Crippen molar-refractivity contribution in [3.05, 3.63) is 70.9 Å². The van der Waals surface area contributed by atoms with Crippen LogP contribution in [0.2, 0.25) is 0 Å². The smallest absolute Gasteiger partial charge is 0.238 e. The molecule has 5 rings (SSSR count). The topological polar surface area (TPSA) is 109 Å². The van der Waals surface area contributed by atoms with Crippen LogP contribution in [0.5, 0.6) is 0 Å². The second-order valence-electron chi connectivity index (χ2n) is 8.24. The van der Waals surface area contributed by atoms with Gasteiger partial charge in [0.1, 0.15) is 0 Å². The SMILES string of the molecule is CC(=O)C1=NN(c2ccc(S(N)(=O)=O)cc2)C(c2cccs2)N1c1ccc(N2CCOCC2)cc1. The van der Waals surface area contributed by atoms with Crippen LogP contribution in [-0.4, -0.2) is 46.3 Å². The van der Waals surface area contributed by atoms with Gasteiger partial charge in [0.05, 0.1) is 23.8 Å². The van der Waals surface area contributed by atoms with E-state index >= 15 is 0 Å². The maximum Gasteiger partial charge on any atom is 0.238 e. The lowest BCUT2D eigenvalue weighted by atomic mass is 10.2. The molecule has 35 heavy (non-hydrogen) atoms. The van der Waals surface area contributed by atoms with E-state index in [0.717, 1.165) is 29.3 Å². The van der Waals surface area contributed by atoms with Gasteiger partial charge < -0.3 is 9.64 Å². The molecule has 11 heteroatoms. The van der Waals surface area contributed by atoms with Gasteiger partial charge in [-0.25, -0.2) is 18.6 Å². The lowest BCUT2D eigenvalue weighted by Crippen LogP contribution is -2.38. The van der Waals surface area contributed by atoms with Crippen LogP contribution in [0.1, 0.15) is 18.0 Å². The van der Waals surface area contributed by atoms with Gasteiger partial charge in [0.2, 0.25) is 10.0 Å². The molecule has 1 fully saturated rings. The number of nitrogens with two attached hydrogens (primary N) is 1. The number of carbonyl (C=O) groups is 1. The molecular weight excluding hydrogens is 486 g/mol. The molecule has 9 nitrogen and oxygen atoms in total. The number of ketones is 1. The quantitative estimate of drug-likeness (QED) is 0.542. The first-order valence-electron chi connectivity index (χ1n) is 11.1. The van der Waals surface area contributed by atoms with E-state index in [1.807, 2.05) is 46.7 Å². The number of hydrogen-bond acceptors (Lipinski definition) is 9. The number of morpholine rings is 1. The molecule has 2 N–H and O–H groups in total. The van der Waals surface area contributed by atoms with E-state index in [1.54, 1.807) is 28.5 Å². The van der Waals surface area contributed by atoms with Gasteiger partial charge in [-0.05, 0) is 60.0 Å².